The highest BCUT2D eigenvalue weighted by atomic mass is 32.1. The topological polar surface area (TPSA) is 54.5 Å². The highest BCUT2D eigenvalue weighted by Crippen LogP contribution is 2.25. The van der Waals surface area contributed by atoms with E-state index < -0.39 is 29.0 Å². The molecule has 0 aliphatic carbocycles. The van der Waals surface area contributed by atoms with Crippen LogP contribution in [0.2, 0.25) is 0 Å². The molecule has 1 fully saturated rings. The summed E-state index contributed by atoms with van der Waals surface area (Å²) in [5.74, 6) is -4.92. The first-order valence-corrected chi connectivity index (χ1v) is 10.6. The lowest BCUT2D eigenvalue weighted by Crippen LogP contribution is -2.35. The van der Waals surface area contributed by atoms with Gasteiger partial charge in [-0.2, -0.15) is 0 Å². The average Bonchev–Trinajstić information content (AvgIpc) is 3.24. The van der Waals surface area contributed by atoms with Crippen LogP contribution in [0.3, 0.4) is 0 Å². The summed E-state index contributed by atoms with van der Waals surface area (Å²) in [5, 5.41) is 4.76. The Labute approximate surface area is 181 Å². The highest BCUT2D eigenvalue weighted by Gasteiger charge is 2.16. The van der Waals surface area contributed by atoms with Gasteiger partial charge in [-0.15, -0.1) is 11.3 Å². The highest BCUT2D eigenvalue weighted by molar-refractivity contribution is 7.13. The minimum atomic E-state index is -1.62. The molecule has 0 radical (unpaired) electrons. The van der Waals surface area contributed by atoms with Gasteiger partial charge in [0, 0.05) is 30.6 Å². The second kappa shape index (κ2) is 9.59. The van der Waals surface area contributed by atoms with Gasteiger partial charge in [-0.05, 0) is 17.7 Å². The standard InChI is InChI=1S/C22H20F3N3O2S/c23-17-5-6-18(21(25)20(17)24)27-19(29)11-16-13-31-22(26-16)15-3-1-14(2-4-15)12-28-7-9-30-10-8-28/h1-6,13H,7-12H2,(H,27,29). The maximum atomic E-state index is 13.7. The lowest BCUT2D eigenvalue weighted by Gasteiger charge is -2.26. The Kier molecular flexibility index (Phi) is 6.64. The van der Waals surface area contributed by atoms with Crippen molar-refractivity contribution in [1.82, 2.24) is 9.88 Å². The van der Waals surface area contributed by atoms with Crippen molar-refractivity contribution in [2.75, 3.05) is 31.6 Å². The van der Waals surface area contributed by atoms with Gasteiger partial charge in [0.15, 0.2) is 17.5 Å². The van der Waals surface area contributed by atoms with E-state index in [9.17, 15) is 18.0 Å². The molecule has 4 rings (SSSR count). The Bertz CT molecular complexity index is 1070. The fraction of sp³-hybridized carbons (Fsp3) is 0.273. The number of benzene rings is 2. The van der Waals surface area contributed by atoms with Gasteiger partial charge >= 0.3 is 0 Å². The first-order valence-electron chi connectivity index (χ1n) is 9.77. The van der Waals surface area contributed by atoms with Gasteiger partial charge in [0.25, 0.3) is 0 Å². The van der Waals surface area contributed by atoms with Gasteiger partial charge in [0.1, 0.15) is 5.01 Å². The van der Waals surface area contributed by atoms with E-state index in [0.29, 0.717) is 5.69 Å². The summed E-state index contributed by atoms with van der Waals surface area (Å²) in [6, 6.07) is 9.85. The molecule has 0 atom stereocenters. The number of halogens is 3. The van der Waals surface area contributed by atoms with Crippen molar-refractivity contribution >= 4 is 22.9 Å². The molecule has 1 N–H and O–H groups in total. The molecule has 0 spiro atoms. The summed E-state index contributed by atoms with van der Waals surface area (Å²) >= 11 is 1.40. The number of nitrogens with zero attached hydrogens (tertiary/aromatic N) is 2. The summed E-state index contributed by atoms with van der Waals surface area (Å²) in [6.07, 6.45) is -0.107. The van der Waals surface area contributed by atoms with Gasteiger partial charge in [0.05, 0.1) is 31.0 Å². The number of anilines is 1. The normalized spacial score (nSPS) is 14.5. The van der Waals surface area contributed by atoms with Crippen molar-refractivity contribution < 1.29 is 22.7 Å². The number of carbonyl (C=O) groups is 1. The first-order chi connectivity index (χ1) is 15.0. The van der Waals surface area contributed by atoms with Crippen LogP contribution < -0.4 is 5.32 Å². The molecule has 0 unspecified atom stereocenters. The Morgan fingerprint density at radius 3 is 2.55 bits per heavy atom. The molecule has 3 aromatic rings. The van der Waals surface area contributed by atoms with Crippen molar-refractivity contribution in [2.24, 2.45) is 0 Å². The van der Waals surface area contributed by atoms with E-state index in [0.717, 1.165) is 55.6 Å². The molecule has 0 saturated carbocycles. The SMILES string of the molecule is O=C(Cc1csc(-c2ccc(CN3CCOCC3)cc2)n1)Nc1ccc(F)c(F)c1F. The summed E-state index contributed by atoms with van der Waals surface area (Å²) in [6.45, 7) is 4.24. The third-order valence-corrected chi connectivity index (χ3v) is 5.85. The molecule has 5 nitrogen and oxygen atoms in total. The van der Waals surface area contributed by atoms with Crippen LogP contribution in [-0.4, -0.2) is 42.1 Å². The van der Waals surface area contributed by atoms with Crippen LogP contribution in [0, 0.1) is 17.5 Å². The third kappa shape index (κ3) is 5.30. The smallest absolute Gasteiger partial charge is 0.230 e. The zero-order valence-electron chi connectivity index (χ0n) is 16.5. The molecule has 31 heavy (non-hydrogen) atoms. The minimum absolute atomic E-state index is 0.107. The lowest BCUT2D eigenvalue weighted by molar-refractivity contribution is -0.115. The number of aromatic nitrogens is 1. The van der Waals surface area contributed by atoms with Gasteiger partial charge < -0.3 is 10.1 Å². The number of nitrogens with one attached hydrogen (secondary N) is 1. The maximum absolute atomic E-state index is 13.7. The molecule has 0 bridgehead atoms. The summed E-state index contributed by atoms with van der Waals surface area (Å²) in [4.78, 5) is 19.0. The Balaban J connectivity index is 1.36. The molecule has 2 heterocycles. The molecule has 1 saturated heterocycles. The number of carbonyl (C=O) groups excluding carboxylic acids is 1. The van der Waals surface area contributed by atoms with Crippen molar-refractivity contribution in [3.8, 4) is 10.6 Å². The lowest BCUT2D eigenvalue weighted by atomic mass is 10.1. The number of amides is 1. The molecule has 2 aromatic carbocycles. The third-order valence-electron chi connectivity index (χ3n) is 4.91. The summed E-state index contributed by atoms with van der Waals surface area (Å²) in [5.41, 5.74) is 2.25. The molecule has 162 valence electrons. The van der Waals surface area contributed by atoms with Crippen LogP contribution >= 0.6 is 11.3 Å². The summed E-state index contributed by atoms with van der Waals surface area (Å²) in [7, 11) is 0. The van der Waals surface area contributed by atoms with E-state index in [2.05, 4.69) is 27.3 Å². The van der Waals surface area contributed by atoms with E-state index in [-0.39, 0.29) is 6.42 Å². The van der Waals surface area contributed by atoms with Crippen molar-refractivity contribution in [2.45, 2.75) is 13.0 Å². The average molecular weight is 447 g/mol. The van der Waals surface area contributed by atoms with Crippen molar-refractivity contribution in [3.63, 3.8) is 0 Å². The molecule has 9 heteroatoms. The number of hydrogen-bond donors (Lipinski definition) is 1. The molecule has 1 amide bonds. The Morgan fingerprint density at radius 2 is 1.81 bits per heavy atom. The van der Waals surface area contributed by atoms with Gasteiger partial charge in [0.2, 0.25) is 5.91 Å². The molecule has 1 aliphatic heterocycles. The van der Waals surface area contributed by atoms with Crippen LogP contribution in [0.15, 0.2) is 41.8 Å². The largest absolute Gasteiger partial charge is 0.379 e. The predicted molar refractivity (Wildman–Crippen MR) is 112 cm³/mol. The van der Waals surface area contributed by atoms with Crippen LogP contribution in [0.4, 0.5) is 18.9 Å². The zero-order valence-corrected chi connectivity index (χ0v) is 17.4. The van der Waals surface area contributed by atoms with Crippen LogP contribution in [0.5, 0.6) is 0 Å². The maximum Gasteiger partial charge on any atom is 0.230 e. The van der Waals surface area contributed by atoms with Gasteiger partial charge in [-0.25, -0.2) is 18.2 Å². The number of rotatable bonds is 6. The number of morpholine rings is 1. The van der Waals surface area contributed by atoms with Crippen LogP contribution in [0.1, 0.15) is 11.3 Å². The quantitative estimate of drug-likeness (QED) is 0.575. The number of hydrogen-bond acceptors (Lipinski definition) is 5. The monoisotopic (exact) mass is 447 g/mol. The van der Waals surface area contributed by atoms with Crippen molar-refractivity contribution in [3.05, 3.63) is 70.5 Å². The van der Waals surface area contributed by atoms with E-state index in [4.69, 9.17) is 4.74 Å². The second-order valence-corrected chi connectivity index (χ2v) is 8.04. The minimum Gasteiger partial charge on any atom is -0.379 e. The molecular formula is C22H20F3N3O2S. The molecule has 1 aliphatic rings. The summed E-state index contributed by atoms with van der Waals surface area (Å²) < 4.78 is 45.4. The molecular weight excluding hydrogens is 427 g/mol. The van der Waals surface area contributed by atoms with Gasteiger partial charge in [-0.3, -0.25) is 9.69 Å². The van der Waals surface area contributed by atoms with Crippen LogP contribution in [-0.2, 0) is 22.5 Å². The predicted octanol–water partition coefficient (Wildman–Crippen LogP) is 4.24. The van der Waals surface area contributed by atoms with Crippen LogP contribution in [0.25, 0.3) is 10.6 Å². The van der Waals surface area contributed by atoms with E-state index in [1.165, 1.54) is 16.9 Å². The second-order valence-electron chi connectivity index (χ2n) is 7.18. The Hall–Kier alpha value is -2.75. The fourth-order valence-electron chi connectivity index (χ4n) is 3.27. The van der Waals surface area contributed by atoms with E-state index in [1.807, 2.05) is 12.1 Å². The van der Waals surface area contributed by atoms with Crippen molar-refractivity contribution in [1.29, 1.82) is 0 Å². The zero-order chi connectivity index (χ0) is 21.8. The Morgan fingerprint density at radius 1 is 1.06 bits per heavy atom. The van der Waals surface area contributed by atoms with E-state index in [1.54, 1.807) is 5.38 Å². The van der Waals surface area contributed by atoms with Gasteiger partial charge in [-0.1, -0.05) is 24.3 Å². The van der Waals surface area contributed by atoms with E-state index >= 15 is 0 Å². The number of ether oxygens (including phenoxy) is 1. The first kappa shape index (κ1) is 21.5. The number of thiazole rings is 1. The fourth-order valence-corrected chi connectivity index (χ4v) is 4.10. The molecule has 1 aromatic heterocycles.